The standard InChI is InChI=1S/C17H30N4O7/c1-14-10-20(8-9-22)5-4-18(11-15(23)24)2-3-19(12-16(25)26)6-7-21(14)13-17(27)28/h9,14H,2-8,10-13H2,1H3,(H,23,24)(H,25,26)(H,27,28). The zero-order valence-corrected chi connectivity index (χ0v) is 16.2. The second-order valence-corrected chi connectivity index (χ2v) is 6.98. The number of hydrogen-bond donors (Lipinski definition) is 3. The van der Waals surface area contributed by atoms with Crippen LogP contribution in [0, 0.1) is 0 Å². The van der Waals surface area contributed by atoms with Gasteiger partial charge in [0.2, 0.25) is 0 Å². The maximum atomic E-state index is 11.2. The van der Waals surface area contributed by atoms with E-state index in [1.54, 1.807) is 14.7 Å². The van der Waals surface area contributed by atoms with E-state index in [9.17, 15) is 24.3 Å². The van der Waals surface area contributed by atoms with Crippen LogP contribution in [0.3, 0.4) is 0 Å². The van der Waals surface area contributed by atoms with E-state index >= 15 is 0 Å². The van der Waals surface area contributed by atoms with E-state index in [0.717, 1.165) is 6.29 Å². The Hall–Kier alpha value is -2.08. The maximum absolute atomic E-state index is 11.2. The molecule has 0 aromatic heterocycles. The van der Waals surface area contributed by atoms with Crippen LogP contribution in [-0.2, 0) is 19.2 Å². The minimum Gasteiger partial charge on any atom is -0.480 e. The van der Waals surface area contributed by atoms with Crippen LogP contribution >= 0.6 is 0 Å². The molecule has 0 aromatic rings. The Kier molecular flexibility index (Phi) is 10.6. The third-order valence-corrected chi connectivity index (χ3v) is 4.70. The first-order valence-electron chi connectivity index (χ1n) is 9.21. The maximum Gasteiger partial charge on any atom is 0.317 e. The zero-order valence-electron chi connectivity index (χ0n) is 16.2. The van der Waals surface area contributed by atoms with Crippen molar-refractivity contribution < 1.29 is 34.5 Å². The number of carbonyl (C=O) groups is 4. The first-order chi connectivity index (χ1) is 13.2. The minimum atomic E-state index is -0.994. The molecule has 0 spiro atoms. The molecule has 1 fully saturated rings. The normalized spacial score (nSPS) is 22.1. The van der Waals surface area contributed by atoms with Crippen molar-refractivity contribution in [1.82, 2.24) is 19.6 Å². The molecule has 1 atom stereocenters. The molecule has 0 aliphatic carbocycles. The molecule has 1 rings (SSSR count). The summed E-state index contributed by atoms with van der Waals surface area (Å²) in [5.74, 6) is -2.94. The molecule has 0 radical (unpaired) electrons. The van der Waals surface area contributed by atoms with Gasteiger partial charge in [0.15, 0.2) is 0 Å². The van der Waals surface area contributed by atoms with E-state index in [2.05, 4.69) is 0 Å². The molecule has 11 heteroatoms. The van der Waals surface area contributed by atoms with Crippen molar-refractivity contribution in [2.24, 2.45) is 0 Å². The summed E-state index contributed by atoms with van der Waals surface area (Å²) in [5.41, 5.74) is 0. The molecule has 28 heavy (non-hydrogen) atoms. The van der Waals surface area contributed by atoms with Gasteiger partial charge >= 0.3 is 17.9 Å². The fraction of sp³-hybridized carbons (Fsp3) is 0.765. The van der Waals surface area contributed by atoms with E-state index < -0.39 is 17.9 Å². The predicted molar refractivity (Wildman–Crippen MR) is 99.3 cm³/mol. The largest absolute Gasteiger partial charge is 0.480 e. The average molecular weight is 402 g/mol. The Labute approximate surface area is 164 Å². The third-order valence-electron chi connectivity index (χ3n) is 4.70. The molecule has 1 unspecified atom stereocenters. The third kappa shape index (κ3) is 9.74. The summed E-state index contributed by atoms with van der Waals surface area (Å²) in [6.07, 6.45) is 0.774. The monoisotopic (exact) mass is 402 g/mol. The Morgan fingerprint density at radius 3 is 1.64 bits per heavy atom. The van der Waals surface area contributed by atoms with Gasteiger partial charge < -0.3 is 20.1 Å². The smallest absolute Gasteiger partial charge is 0.317 e. The van der Waals surface area contributed by atoms with Gasteiger partial charge in [0.05, 0.1) is 26.2 Å². The van der Waals surface area contributed by atoms with Crippen LogP contribution in [0.1, 0.15) is 6.92 Å². The van der Waals surface area contributed by atoms with E-state index in [0.29, 0.717) is 45.8 Å². The second kappa shape index (κ2) is 12.4. The van der Waals surface area contributed by atoms with E-state index in [1.165, 1.54) is 0 Å². The van der Waals surface area contributed by atoms with Crippen LogP contribution < -0.4 is 0 Å². The van der Waals surface area contributed by atoms with Crippen molar-refractivity contribution in [3.8, 4) is 0 Å². The molecule has 0 saturated carbocycles. The number of carboxylic acid groups (broad SMARTS) is 3. The summed E-state index contributed by atoms with van der Waals surface area (Å²) >= 11 is 0. The number of hydrogen-bond acceptors (Lipinski definition) is 8. The lowest BCUT2D eigenvalue weighted by molar-refractivity contribution is -0.141. The van der Waals surface area contributed by atoms with Crippen molar-refractivity contribution in [2.45, 2.75) is 13.0 Å². The number of aldehydes is 1. The highest BCUT2D eigenvalue weighted by Gasteiger charge is 2.23. The Bertz CT molecular complexity index is 542. The van der Waals surface area contributed by atoms with Gasteiger partial charge in [-0.2, -0.15) is 0 Å². The van der Waals surface area contributed by atoms with Gasteiger partial charge in [-0.3, -0.25) is 34.0 Å². The van der Waals surface area contributed by atoms with Gasteiger partial charge in [-0.25, -0.2) is 0 Å². The highest BCUT2D eigenvalue weighted by Crippen LogP contribution is 2.06. The Balaban J connectivity index is 2.97. The molecule has 1 heterocycles. The molecular formula is C17H30N4O7. The molecule has 0 bridgehead atoms. The average Bonchev–Trinajstić information content (AvgIpc) is 2.58. The number of nitrogens with zero attached hydrogens (tertiary/aromatic N) is 4. The molecule has 11 nitrogen and oxygen atoms in total. The number of aliphatic carboxylic acids is 3. The van der Waals surface area contributed by atoms with Gasteiger partial charge in [0, 0.05) is 51.9 Å². The zero-order chi connectivity index (χ0) is 21.1. The lowest BCUT2D eigenvalue weighted by atomic mass is 10.2. The quantitative estimate of drug-likeness (QED) is 0.390. The molecule has 160 valence electrons. The van der Waals surface area contributed by atoms with E-state index in [-0.39, 0.29) is 32.2 Å². The van der Waals surface area contributed by atoms with Crippen LogP contribution in [0.25, 0.3) is 0 Å². The van der Waals surface area contributed by atoms with E-state index in [4.69, 9.17) is 10.2 Å². The molecule has 1 aliphatic heterocycles. The lowest BCUT2D eigenvalue weighted by Gasteiger charge is -2.35. The summed E-state index contributed by atoms with van der Waals surface area (Å²) < 4.78 is 0. The predicted octanol–water partition coefficient (Wildman–Crippen LogP) is -1.95. The number of carbonyl (C=O) groups excluding carboxylic acids is 1. The highest BCUT2D eigenvalue weighted by atomic mass is 16.4. The molecule has 0 amide bonds. The highest BCUT2D eigenvalue weighted by molar-refractivity contribution is 5.70. The van der Waals surface area contributed by atoms with Gasteiger partial charge in [-0.05, 0) is 6.92 Å². The van der Waals surface area contributed by atoms with Crippen molar-refractivity contribution >= 4 is 24.2 Å². The Morgan fingerprint density at radius 1 is 0.786 bits per heavy atom. The summed E-state index contributed by atoms with van der Waals surface area (Å²) in [4.78, 5) is 51.5. The first-order valence-corrected chi connectivity index (χ1v) is 9.21. The van der Waals surface area contributed by atoms with Crippen LogP contribution in [0.4, 0.5) is 0 Å². The molecule has 1 saturated heterocycles. The number of carboxylic acids is 3. The number of rotatable bonds is 8. The van der Waals surface area contributed by atoms with Crippen LogP contribution in [0.15, 0.2) is 0 Å². The van der Waals surface area contributed by atoms with Crippen LogP contribution in [-0.4, -0.2) is 137 Å². The summed E-state index contributed by atoms with van der Waals surface area (Å²) in [5, 5.41) is 27.4. The minimum absolute atomic E-state index is 0.170. The first kappa shape index (κ1) is 24.0. The van der Waals surface area contributed by atoms with Gasteiger partial charge in [0.1, 0.15) is 6.29 Å². The van der Waals surface area contributed by atoms with Crippen molar-refractivity contribution in [2.75, 3.05) is 72.0 Å². The topological polar surface area (TPSA) is 142 Å². The van der Waals surface area contributed by atoms with Crippen molar-refractivity contribution in [3.63, 3.8) is 0 Å². The van der Waals surface area contributed by atoms with E-state index in [1.807, 2.05) is 11.8 Å². The van der Waals surface area contributed by atoms with Crippen LogP contribution in [0.5, 0.6) is 0 Å². The summed E-state index contributed by atoms with van der Waals surface area (Å²) in [6, 6.07) is -0.171. The summed E-state index contributed by atoms with van der Waals surface area (Å²) in [7, 11) is 0. The molecular weight excluding hydrogens is 372 g/mol. The molecule has 0 aromatic carbocycles. The fourth-order valence-corrected chi connectivity index (χ4v) is 3.24. The Morgan fingerprint density at radius 2 is 1.21 bits per heavy atom. The second-order valence-electron chi connectivity index (χ2n) is 6.98. The fourth-order valence-electron chi connectivity index (χ4n) is 3.24. The van der Waals surface area contributed by atoms with Crippen molar-refractivity contribution in [1.29, 1.82) is 0 Å². The summed E-state index contributed by atoms with van der Waals surface area (Å²) in [6.45, 7) is 4.22. The SMILES string of the molecule is CC1CN(CC=O)CCN(CC(=O)O)CCN(CC(=O)O)CCN1CC(=O)O. The van der Waals surface area contributed by atoms with Crippen molar-refractivity contribution in [3.05, 3.63) is 0 Å². The molecule has 1 aliphatic rings. The lowest BCUT2D eigenvalue weighted by Crippen LogP contribution is -2.51. The van der Waals surface area contributed by atoms with Gasteiger partial charge in [-0.15, -0.1) is 0 Å². The van der Waals surface area contributed by atoms with Gasteiger partial charge in [-0.1, -0.05) is 0 Å². The van der Waals surface area contributed by atoms with Crippen LogP contribution in [0.2, 0.25) is 0 Å². The molecule has 3 N–H and O–H groups in total. The van der Waals surface area contributed by atoms with Gasteiger partial charge in [0.25, 0.3) is 0 Å².